The molecule has 0 fully saturated rings. The summed E-state index contributed by atoms with van der Waals surface area (Å²) in [5, 5.41) is 2.79. The van der Waals surface area contributed by atoms with Crippen LogP contribution < -0.4 is 5.19 Å². The molecule has 0 aliphatic heterocycles. The Balaban J connectivity index is 2.59. The highest BCUT2D eigenvalue weighted by Crippen LogP contribution is 2.17. The monoisotopic (exact) mass is 233 g/mol. The second-order valence-electron chi connectivity index (χ2n) is 5.25. The highest BCUT2D eigenvalue weighted by atomic mass is 28.3. The van der Waals surface area contributed by atoms with Crippen LogP contribution in [0.15, 0.2) is 24.3 Å². The molecule has 0 radical (unpaired) electrons. The van der Waals surface area contributed by atoms with Crippen LogP contribution in [0.1, 0.15) is 5.69 Å². The summed E-state index contributed by atoms with van der Waals surface area (Å²) in [6.45, 7) is 7.77. The lowest BCUT2D eigenvalue weighted by Gasteiger charge is -2.17. The number of H-pyrrole nitrogens is 1. The average molecular weight is 233 g/mol. The van der Waals surface area contributed by atoms with E-state index < -0.39 is 8.07 Å². The van der Waals surface area contributed by atoms with Gasteiger partial charge in [-0.25, -0.2) is 0 Å². The fraction of sp³-hybridized carbons (Fsp3) is 0.385. The standard InChI is InChI=1S/C13H19NOSi/c1-15-9-11-8-10-6-5-7-12(13(10)14-11)16(2,3)4/h5-8,14H,9H2,1-4H3. The largest absolute Gasteiger partial charge is 0.378 e. The van der Waals surface area contributed by atoms with E-state index in [9.17, 15) is 0 Å². The number of methoxy groups -OCH3 is 1. The Hall–Kier alpha value is -1.06. The summed E-state index contributed by atoms with van der Waals surface area (Å²) in [4.78, 5) is 3.48. The van der Waals surface area contributed by atoms with E-state index in [-0.39, 0.29) is 0 Å². The average Bonchev–Trinajstić information content (AvgIpc) is 2.58. The molecule has 0 bridgehead atoms. The highest BCUT2D eigenvalue weighted by molar-refractivity contribution is 6.90. The first-order chi connectivity index (χ1) is 7.52. The smallest absolute Gasteiger partial charge is 0.0862 e. The van der Waals surface area contributed by atoms with Gasteiger partial charge in [0.1, 0.15) is 0 Å². The molecule has 0 aliphatic rings. The van der Waals surface area contributed by atoms with Gasteiger partial charge < -0.3 is 9.72 Å². The first kappa shape index (κ1) is 11.4. The van der Waals surface area contributed by atoms with E-state index in [0.717, 1.165) is 5.69 Å². The molecule has 2 rings (SSSR count). The van der Waals surface area contributed by atoms with Gasteiger partial charge in [-0.1, -0.05) is 37.8 Å². The van der Waals surface area contributed by atoms with Crippen LogP contribution in [0.5, 0.6) is 0 Å². The van der Waals surface area contributed by atoms with Crippen molar-refractivity contribution in [2.75, 3.05) is 7.11 Å². The molecule has 0 amide bonds. The number of nitrogens with one attached hydrogen (secondary N) is 1. The normalized spacial score (nSPS) is 12.2. The molecule has 0 saturated carbocycles. The summed E-state index contributed by atoms with van der Waals surface area (Å²) in [7, 11) is 0.448. The zero-order valence-electron chi connectivity index (χ0n) is 10.4. The Kier molecular flexibility index (Phi) is 2.91. The van der Waals surface area contributed by atoms with Crippen molar-refractivity contribution in [3.63, 3.8) is 0 Å². The van der Waals surface area contributed by atoms with E-state index in [4.69, 9.17) is 4.74 Å². The van der Waals surface area contributed by atoms with Crippen molar-refractivity contribution in [2.45, 2.75) is 26.2 Å². The molecule has 1 aromatic heterocycles. The Morgan fingerprint density at radius 1 is 1.25 bits per heavy atom. The van der Waals surface area contributed by atoms with Crippen LogP contribution in [0.2, 0.25) is 19.6 Å². The number of benzene rings is 1. The van der Waals surface area contributed by atoms with Crippen molar-refractivity contribution < 1.29 is 4.74 Å². The van der Waals surface area contributed by atoms with Crippen molar-refractivity contribution >= 4 is 24.2 Å². The van der Waals surface area contributed by atoms with Gasteiger partial charge in [0.15, 0.2) is 0 Å². The molecule has 0 unspecified atom stereocenters. The molecule has 0 atom stereocenters. The number of hydrogen-bond acceptors (Lipinski definition) is 1. The van der Waals surface area contributed by atoms with E-state index in [1.165, 1.54) is 16.1 Å². The fourth-order valence-electron chi connectivity index (χ4n) is 2.07. The van der Waals surface area contributed by atoms with Gasteiger partial charge in [-0.3, -0.25) is 0 Å². The van der Waals surface area contributed by atoms with Gasteiger partial charge in [0, 0.05) is 18.3 Å². The summed E-state index contributed by atoms with van der Waals surface area (Å²) in [6.07, 6.45) is 0. The van der Waals surface area contributed by atoms with E-state index in [0.29, 0.717) is 6.61 Å². The Morgan fingerprint density at radius 2 is 2.00 bits per heavy atom. The van der Waals surface area contributed by atoms with Crippen molar-refractivity contribution in [3.05, 3.63) is 30.0 Å². The van der Waals surface area contributed by atoms with Crippen LogP contribution in [0.25, 0.3) is 10.9 Å². The minimum Gasteiger partial charge on any atom is -0.378 e. The predicted molar refractivity (Wildman–Crippen MR) is 72.0 cm³/mol. The number of aromatic amines is 1. The third kappa shape index (κ3) is 2.06. The number of ether oxygens (including phenoxy) is 1. The molecule has 0 spiro atoms. The molecule has 1 heterocycles. The van der Waals surface area contributed by atoms with E-state index in [1.807, 2.05) is 0 Å². The number of para-hydroxylation sites is 1. The number of aromatic nitrogens is 1. The van der Waals surface area contributed by atoms with Crippen molar-refractivity contribution in [1.82, 2.24) is 4.98 Å². The Morgan fingerprint density at radius 3 is 2.62 bits per heavy atom. The van der Waals surface area contributed by atoms with Gasteiger partial charge >= 0.3 is 0 Å². The van der Waals surface area contributed by atoms with Gasteiger partial charge in [-0.05, 0) is 16.6 Å². The maximum absolute atomic E-state index is 5.16. The summed E-state index contributed by atoms with van der Waals surface area (Å²) < 4.78 is 5.16. The summed E-state index contributed by atoms with van der Waals surface area (Å²) in [5.41, 5.74) is 2.46. The lowest BCUT2D eigenvalue weighted by molar-refractivity contribution is 0.182. The van der Waals surface area contributed by atoms with Crippen molar-refractivity contribution in [3.8, 4) is 0 Å². The maximum Gasteiger partial charge on any atom is 0.0862 e. The van der Waals surface area contributed by atoms with Gasteiger partial charge in [-0.2, -0.15) is 0 Å². The second kappa shape index (κ2) is 4.07. The molecular weight excluding hydrogens is 214 g/mol. The SMILES string of the molecule is COCc1cc2cccc([Si](C)(C)C)c2[nH]1. The second-order valence-corrected chi connectivity index (χ2v) is 10.3. The van der Waals surface area contributed by atoms with Crippen molar-refractivity contribution in [1.29, 1.82) is 0 Å². The maximum atomic E-state index is 5.16. The van der Waals surface area contributed by atoms with Crippen LogP contribution in [0.3, 0.4) is 0 Å². The zero-order valence-corrected chi connectivity index (χ0v) is 11.4. The first-order valence-electron chi connectivity index (χ1n) is 5.62. The Bertz CT molecular complexity index is 496. The number of hydrogen-bond donors (Lipinski definition) is 1. The molecule has 86 valence electrons. The fourth-order valence-corrected chi connectivity index (χ4v) is 3.63. The molecule has 3 heteroatoms. The molecule has 2 aromatic rings. The number of fused-ring (bicyclic) bond motifs is 1. The van der Waals surface area contributed by atoms with Crippen LogP contribution in [0.4, 0.5) is 0 Å². The molecule has 1 aromatic carbocycles. The molecular formula is C13H19NOSi. The molecule has 1 N–H and O–H groups in total. The Labute approximate surface area is 97.6 Å². The number of rotatable bonds is 3. The third-order valence-corrected chi connectivity index (χ3v) is 4.85. The zero-order chi connectivity index (χ0) is 11.8. The minimum absolute atomic E-state index is 0.653. The van der Waals surface area contributed by atoms with Crippen LogP contribution in [0, 0.1) is 0 Å². The first-order valence-corrected chi connectivity index (χ1v) is 9.12. The van der Waals surface area contributed by atoms with Crippen LogP contribution in [-0.4, -0.2) is 20.2 Å². The lowest BCUT2D eigenvalue weighted by atomic mass is 10.2. The molecule has 0 aliphatic carbocycles. The quantitative estimate of drug-likeness (QED) is 0.810. The van der Waals surface area contributed by atoms with Gasteiger partial charge in [0.05, 0.1) is 14.7 Å². The van der Waals surface area contributed by atoms with Gasteiger partial charge in [0.2, 0.25) is 0 Å². The van der Waals surface area contributed by atoms with E-state index in [2.05, 4.69) is 48.9 Å². The van der Waals surface area contributed by atoms with E-state index in [1.54, 1.807) is 7.11 Å². The predicted octanol–water partition coefficient (Wildman–Crippen LogP) is 2.86. The summed E-state index contributed by atoms with van der Waals surface area (Å²) in [5.74, 6) is 0. The highest BCUT2D eigenvalue weighted by Gasteiger charge is 2.19. The van der Waals surface area contributed by atoms with Gasteiger partial charge in [-0.15, -0.1) is 0 Å². The van der Waals surface area contributed by atoms with E-state index >= 15 is 0 Å². The third-order valence-electron chi connectivity index (χ3n) is 2.82. The molecule has 2 nitrogen and oxygen atoms in total. The summed E-state index contributed by atoms with van der Waals surface area (Å²) >= 11 is 0. The lowest BCUT2D eigenvalue weighted by Crippen LogP contribution is -2.38. The van der Waals surface area contributed by atoms with Crippen LogP contribution in [-0.2, 0) is 11.3 Å². The molecule has 16 heavy (non-hydrogen) atoms. The van der Waals surface area contributed by atoms with Gasteiger partial charge in [0.25, 0.3) is 0 Å². The topological polar surface area (TPSA) is 25.0 Å². The molecule has 0 saturated heterocycles. The van der Waals surface area contributed by atoms with Crippen LogP contribution >= 0.6 is 0 Å². The minimum atomic E-state index is -1.28. The van der Waals surface area contributed by atoms with Crippen molar-refractivity contribution in [2.24, 2.45) is 0 Å². The summed E-state index contributed by atoms with van der Waals surface area (Å²) in [6, 6.07) is 8.75.